The summed E-state index contributed by atoms with van der Waals surface area (Å²) >= 11 is 0. The maximum atomic E-state index is 2.78. The van der Waals surface area contributed by atoms with Gasteiger partial charge in [0, 0.05) is 41.3 Å². The second-order valence-corrected chi connectivity index (χ2v) is 13.4. The molecule has 0 N–H and O–H groups in total. The van der Waals surface area contributed by atoms with Gasteiger partial charge in [0.1, 0.15) is 0 Å². The molecule has 0 amide bonds. The smallest absolute Gasteiger partial charge is 0.0369 e. The number of rotatable bonds is 5. The molecule has 2 aliphatic rings. The first kappa shape index (κ1) is 22.1. The van der Waals surface area contributed by atoms with Gasteiger partial charge in [0.25, 0.3) is 0 Å². The Balaban J connectivity index is 1.33. The molecule has 2 nitrogen and oxygen atoms in total. The minimum absolute atomic E-state index is 0.436. The Kier molecular flexibility index (Phi) is 6.10. The predicted molar refractivity (Wildman–Crippen MR) is 148 cm³/mol. The summed E-state index contributed by atoms with van der Waals surface area (Å²) in [4.78, 5) is 0. The van der Waals surface area contributed by atoms with Crippen molar-refractivity contribution in [3.8, 4) is 0 Å². The second kappa shape index (κ2) is 9.37. The van der Waals surface area contributed by atoms with Gasteiger partial charge in [-0.3, -0.25) is 9.34 Å². The van der Waals surface area contributed by atoms with Crippen LogP contribution in [0.4, 0.5) is 0 Å². The summed E-state index contributed by atoms with van der Waals surface area (Å²) in [5, 5.41) is 5.97. The monoisotopic (exact) mass is 480 g/mol. The van der Waals surface area contributed by atoms with Crippen molar-refractivity contribution in [2.75, 3.05) is 13.1 Å². The molecule has 0 fully saturated rings. The summed E-state index contributed by atoms with van der Waals surface area (Å²) in [6.45, 7) is 6.93. The minimum atomic E-state index is -0.507. The molecule has 0 aromatic heterocycles. The van der Waals surface area contributed by atoms with Crippen molar-refractivity contribution in [3.63, 3.8) is 0 Å². The Morgan fingerprint density at radius 1 is 0.500 bits per heavy atom. The number of fused-ring (bicyclic) bond motifs is 2. The second-order valence-electron chi connectivity index (χ2n) is 9.09. The molecule has 6 rings (SSSR count). The van der Waals surface area contributed by atoms with Crippen molar-refractivity contribution in [1.82, 2.24) is 9.34 Å². The van der Waals surface area contributed by atoms with Crippen molar-refractivity contribution in [2.45, 2.75) is 25.9 Å². The van der Waals surface area contributed by atoms with Crippen LogP contribution in [-0.2, 0) is 0 Å². The molecule has 2 unspecified atom stereocenters. The van der Waals surface area contributed by atoms with Crippen LogP contribution in [0.1, 0.15) is 37.1 Å². The first-order valence-electron chi connectivity index (χ1n) is 12.2. The quantitative estimate of drug-likeness (QED) is 0.332. The van der Waals surface area contributed by atoms with E-state index in [1.807, 2.05) is 0 Å². The zero-order valence-electron chi connectivity index (χ0n) is 19.8. The van der Waals surface area contributed by atoms with Gasteiger partial charge >= 0.3 is 0 Å². The summed E-state index contributed by atoms with van der Waals surface area (Å²) in [5.74, 6) is 0. The molecule has 0 saturated carbocycles. The van der Waals surface area contributed by atoms with Gasteiger partial charge in [-0.15, -0.1) is 0 Å². The molecule has 4 aromatic carbocycles. The lowest BCUT2D eigenvalue weighted by atomic mass is 10.1. The molecular formula is C30H30N2P2. The molecule has 0 bridgehead atoms. The molecule has 4 aromatic rings. The largest absolute Gasteiger partial charge is 0.266 e. The first-order valence-corrected chi connectivity index (χ1v) is 14.7. The Bertz CT molecular complexity index is 1180. The van der Waals surface area contributed by atoms with Crippen LogP contribution in [0.2, 0.25) is 0 Å². The average molecular weight is 481 g/mol. The van der Waals surface area contributed by atoms with E-state index in [0.29, 0.717) is 12.1 Å². The molecule has 2 aliphatic heterocycles. The molecule has 2 heterocycles. The van der Waals surface area contributed by atoms with Crippen molar-refractivity contribution in [1.29, 1.82) is 0 Å². The molecular weight excluding hydrogens is 450 g/mol. The van der Waals surface area contributed by atoms with Crippen LogP contribution < -0.4 is 21.2 Å². The lowest BCUT2D eigenvalue weighted by molar-refractivity contribution is 0.311. The topological polar surface area (TPSA) is 6.48 Å². The fourth-order valence-corrected chi connectivity index (χ4v) is 11.1. The van der Waals surface area contributed by atoms with Crippen molar-refractivity contribution in [3.05, 3.63) is 120 Å². The van der Waals surface area contributed by atoms with Crippen LogP contribution in [0.3, 0.4) is 0 Å². The third-order valence-electron chi connectivity index (χ3n) is 7.20. The highest BCUT2D eigenvalue weighted by Gasteiger charge is 2.40. The van der Waals surface area contributed by atoms with Crippen LogP contribution in [-0.4, -0.2) is 22.4 Å². The Hall–Kier alpha value is -2.34. The lowest BCUT2D eigenvalue weighted by Gasteiger charge is -2.34. The fourth-order valence-electron chi connectivity index (χ4n) is 5.52. The number of hydrogen-bond donors (Lipinski definition) is 0. The van der Waals surface area contributed by atoms with Crippen LogP contribution in [0.25, 0.3) is 0 Å². The van der Waals surface area contributed by atoms with E-state index in [1.165, 1.54) is 32.3 Å². The average Bonchev–Trinajstić information content (AvgIpc) is 3.34. The normalized spacial score (nSPS) is 24.2. The van der Waals surface area contributed by atoms with E-state index in [2.05, 4.69) is 132 Å². The van der Waals surface area contributed by atoms with E-state index in [0.717, 1.165) is 13.1 Å². The van der Waals surface area contributed by atoms with Crippen molar-refractivity contribution >= 4 is 37.4 Å². The van der Waals surface area contributed by atoms with Gasteiger partial charge in [0.2, 0.25) is 0 Å². The van der Waals surface area contributed by atoms with Crippen LogP contribution >= 0.6 is 16.1 Å². The van der Waals surface area contributed by atoms with E-state index in [9.17, 15) is 0 Å². The van der Waals surface area contributed by atoms with E-state index in [4.69, 9.17) is 0 Å². The van der Waals surface area contributed by atoms with Gasteiger partial charge in [0.15, 0.2) is 0 Å². The molecule has 4 atom stereocenters. The summed E-state index contributed by atoms with van der Waals surface area (Å²) in [5.41, 5.74) is 3.00. The molecule has 34 heavy (non-hydrogen) atoms. The van der Waals surface area contributed by atoms with Gasteiger partial charge in [-0.05, 0) is 46.2 Å². The summed E-state index contributed by atoms with van der Waals surface area (Å²) in [6, 6.07) is 41.4. The van der Waals surface area contributed by atoms with Crippen molar-refractivity contribution in [2.24, 2.45) is 0 Å². The number of hydrogen-bond acceptors (Lipinski definition) is 2. The van der Waals surface area contributed by atoms with Gasteiger partial charge in [-0.25, -0.2) is 0 Å². The zero-order chi connectivity index (χ0) is 23.1. The zero-order valence-corrected chi connectivity index (χ0v) is 21.5. The van der Waals surface area contributed by atoms with E-state index in [-0.39, 0.29) is 0 Å². The number of benzene rings is 4. The van der Waals surface area contributed by atoms with Gasteiger partial charge in [0.05, 0.1) is 0 Å². The van der Waals surface area contributed by atoms with E-state index < -0.39 is 16.1 Å². The van der Waals surface area contributed by atoms with Gasteiger partial charge in [-0.1, -0.05) is 109 Å². The standard InChI is InChI=1S/C30H30N2P2/c1-23-27-17-9-11-19-29(27)33(25-13-5-3-6-14-25)31(23)21-22-32-24(2)28-18-10-12-20-30(28)34(32)26-15-7-4-8-16-26/h3-20,23-24H,21-22H2,1-2H3/t23-,24-,33?,34?/m0/s1. The first-order chi connectivity index (χ1) is 16.7. The SMILES string of the molecule is C[C@H]1c2ccccc2P(c2ccccc2)N1CCN1[C@@H](C)c2ccccc2P1c1ccccc1. The fraction of sp³-hybridized carbons (Fsp3) is 0.200. The van der Waals surface area contributed by atoms with E-state index in [1.54, 1.807) is 0 Å². The molecule has 0 spiro atoms. The highest BCUT2D eigenvalue weighted by Crippen LogP contribution is 2.54. The molecule has 0 saturated heterocycles. The summed E-state index contributed by atoms with van der Waals surface area (Å²) in [7, 11) is -1.01. The molecule has 170 valence electrons. The van der Waals surface area contributed by atoms with Crippen LogP contribution in [0, 0.1) is 0 Å². The van der Waals surface area contributed by atoms with Gasteiger partial charge in [-0.2, -0.15) is 0 Å². The van der Waals surface area contributed by atoms with E-state index >= 15 is 0 Å². The van der Waals surface area contributed by atoms with Gasteiger partial charge < -0.3 is 0 Å². The Morgan fingerprint density at radius 3 is 1.26 bits per heavy atom. The predicted octanol–water partition coefficient (Wildman–Crippen LogP) is 5.84. The highest BCUT2D eigenvalue weighted by atomic mass is 31.1. The minimum Gasteiger partial charge on any atom is -0.266 e. The molecule has 0 radical (unpaired) electrons. The third-order valence-corrected chi connectivity index (χ3v) is 12.6. The van der Waals surface area contributed by atoms with Crippen LogP contribution in [0.15, 0.2) is 109 Å². The number of nitrogens with zero attached hydrogens (tertiary/aromatic N) is 2. The summed E-state index contributed by atoms with van der Waals surface area (Å²) in [6.07, 6.45) is 0. The lowest BCUT2D eigenvalue weighted by Crippen LogP contribution is -2.33. The summed E-state index contributed by atoms with van der Waals surface area (Å²) < 4.78 is 5.56. The molecule has 0 aliphatic carbocycles. The Morgan fingerprint density at radius 2 is 0.853 bits per heavy atom. The maximum absolute atomic E-state index is 2.78. The third kappa shape index (κ3) is 3.74. The Labute approximate surface area is 205 Å². The molecule has 4 heteroatoms. The maximum Gasteiger partial charge on any atom is 0.0369 e. The highest BCUT2D eigenvalue weighted by molar-refractivity contribution is 7.71. The van der Waals surface area contributed by atoms with Crippen LogP contribution in [0.5, 0.6) is 0 Å². The van der Waals surface area contributed by atoms with Crippen molar-refractivity contribution < 1.29 is 0 Å².